The predicted octanol–water partition coefficient (Wildman–Crippen LogP) is 7.19. The van der Waals surface area contributed by atoms with E-state index in [4.69, 9.17) is 15.6 Å². The molecule has 0 atom stereocenters. The van der Waals surface area contributed by atoms with Gasteiger partial charge in [-0.25, -0.2) is 4.79 Å². The number of amides is 1. The lowest BCUT2D eigenvalue weighted by molar-refractivity contribution is -0.192. The Bertz CT molecular complexity index is 1050. The van der Waals surface area contributed by atoms with Gasteiger partial charge in [0.25, 0.3) is 0 Å². The summed E-state index contributed by atoms with van der Waals surface area (Å²) < 4.78 is 71.2. The second-order valence-electron chi connectivity index (χ2n) is 9.48. The fourth-order valence-corrected chi connectivity index (χ4v) is 3.78. The molecule has 11 heteroatoms. The maximum Gasteiger partial charge on any atom is 0.490 e. The molecule has 1 aliphatic rings. The molecule has 38 heavy (non-hydrogen) atoms. The molecule has 4 N–H and O–H groups in total. The number of primary amides is 1. The summed E-state index contributed by atoms with van der Waals surface area (Å²) in [5, 5.41) is 10.7. The van der Waals surface area contributed by atoms with Gasteiger partial charge in [-0.05, 0) is 66.0 Å². The van der Waals surface area contributed by atoms with Crippen molar-refractivity contribution in [1.82, 2.24) is 5.32 Å². The normalized spacial score (nSPS) is 15.4. The summed E-state index contributed by atoms with van der Waals surface area (Å²) in [6.45, 7) is 9.33. The molecule has 0 unspecified atom stereocenters. The van der Waals surface area contributed by atoms with Crippen molar-refractivity contribution in [2.24, 2.45) is 11.1 Å². The fourth-order valence-electron chi connectivity index (χ4n) is 3.78. The minimum atomic E-state index is -5.08. The first-order chi connectivity index (χ1) is 17.5. The van der Waals surface area contributed by atoms with Crippen molar-refractivity contribution in [3.05, 3.63) is 59.2 Å². The maximum atomic E-state index is 13.2. The van der Waals surface area contributed by atoms with Gasteiger partial charge in [-0.15, -0.1) is 0 Å². The Balaban J connectivity index is 0.000000696. The SMILES string of the molecule is CC.CC1(C)CCC(NCc2ccc(-c3cc(C(N)=O)cc(C(F)(F)F)c3)cc2)CC1.O=C(O)C(F)(F)F. The van der Waals surface area contributed by atoms with Crippen molar-refractivity contribution < 1.29 is 41.0 Å². The van der Waals surface area contributed by atoms with Gasteiger partial charge in [-0.1, -0.05) is 52.0 Å². The lowest BCUT2D eigenvalue weighted by Gasteiger charge is -2.34. The molecule has 1 aliphatic carbocycles. The minimum absolute atomic E-state index is 0.152. The first-order valence-corrected chi connectivity index (χ1v) is 12.1. The molecule has 2 aromatic carbocycles. The molecule has 0 aliphatic heterocycles. The summed E-state index contributed by atoms with van der Waals surface area (Å²) in [4.78, 5) is 20.3. The average molecular weight is 549 g/mol. The van der Waals surface area contributed by atoms with Crippen LogP contribution in [0.15, 0.2) is 42.5 Å². The number of carboxylic acid groups (broad SMARTS) is 1. The molecular weight excluding hydrogens is 514 g/mol. The van der Waals surface area contributed by atoms with Crippen molar-refractivity contribution in [2.75, 3.05) is 0 Å². The van der Waals surface area contributed by atoms with E-state index < -0.39 is 29.8 Å². The number of hydrogen-bond donors (Lipinski definition) is 3. The number of alkyl halides is 6. The second kappa shape index (κ2) is 13.6. The number of nitrogens with two attached hydrogens (primary N) is 1. The Morgan fingerprint density at radius 2 is 1.45 bits per heavy atom. The van der Waals surface area contributed by atoms with E-state index in [1.165, 1.54) is 18.9 Å². The summed E-state index contributed by atoms with van der Waals surface area (Å²) in [6, 6.07) is 11.1. The van der Waals surface area contributed by atoms with Crippen molar-refractivity contribution in [2.45, 2.75) is 78.3 Å². The highest BCUT2D eigenvalue weighted by atomic mass is 19.4. The van der Waals surface area contributed by atoms with Crippen LogP contribution in [0.25, 0.3) is 11.1 Å². The standard InChI is InChI=1S/C23H27F3N2O.C2HF3O2.C2H6/c1-22(2)9-7-20(8-10-22)28-14-15-3-5-16(6-4-15)17-11-18(21(27)29)13-19(12-17)23(24,25)26;3-2(4,5)1(6)7;1-2/h3-6,11-13,20,28H,7-10,14H2,1-2H3,(H2,27,29);(H,6,7);1-2H3. The van der Waals surface area contributed by atoms with Crippen molar-refractivity contribution in [3.8, 4) is 11.1 Å². The minimum Gasteiger partial charge on any atom is -0.475 e. The van der Waals surface area contributed by atoms with Crippen LogP contribution in [0.4, 0.5) is 26.3 Å². The monoisotopic (exact) mass is 548 g/mol. The number of nitrogens with one attached hydrogen (secondary N) is 1. The number of benzene rings is 2. The highest BCUT2D eigenvalue weighted by Gasteiger charge is 2.38. The van der Waals surface area contributed by atoms with E-state index in [0.29, 0.717) is 22.6 Å². The fraction of sp³-hybridized carbons (Fsp3) is 0.481. The van der Waals surface area contributed by atoms with Crippen LogP contribution in [0.3, 0.4) is 0 Å². The zero-order valence-corrected chi connectivity index (χ0v) is 21.8. The lowest BCUT2D eigenvalue weighted by atomic mass is 9.75. The first kappa shape index (κ1) is 32.9. The highest BCUT2D eigenvalue weighted by molar-refractivity contribution is 5.94. The topological polar surface area (TPSA) is 92.4 Å². The van der Waals surface area contributed by atoms with Crippen molar-refractivity contribution in [1.29, 1.82) is 0 Å². The van der Waals surface area contributed by atoms with Gasteiger partial charge in [-0.2, -0.15) is 26.3 Å². The molecule has 1 saturated carbocycles. The van der Waals surface area contributed by atoms with Crippen LogP contribution in [0.1, 0.15) is 74.9 Å². The smallest absolute Gasteiger partial charge is 0.475 e. The zero-order chi connectivity index (χ0) is 29.3. The molecule has 0 heterocycles. The van der Waals surface area contributed by atoms with E-state index in [2.05, 4.69) is 19.2 Å². The third kappa shape index (κ3) is 10.7. The molecule has 0 aromatic heterocycles. The highest BCUT2D eigenvalue weighted by Crippen LogP contribution is 2.35. The van der Waals surface area contributed by atoms with E-state index in [0.717, 1.165) is 37.1 Å². The van der Waals surface area contributed by atoms with Gasteiger partial charge in [0, 0.05) is 18.2 Å². The van der Waals surface area contributed by atoms with E-state index in [9.17, 15) is 31.1 Å². The molecule has 0 saturated heterocycles. The molecule has 0 bridgehead atoms. The van der Waals surface area contributed by atoms with Crippen LogP contribution in [0.2, 0.25) is 0 Å². The number of aliphatic carboxylic acids is 1. The molecule has 0 radical (unpaired) electrons. The van der Waals surface area contributed by atoms with Crippen molar-refractivity contribution >= 4 is 11.9 Å². The van der Waals surface area contributed by atoms with Crippen LogP contribution in [0, 0.1) is 5.41 Å². The third-order valence-corrected chi connectivity index (χ3v) is 6.01. The molecule has 0 spiro atoms. The van der Waals surface area contributed by atoms with Crippen molar-refractivity contribution in [3.63, 3.8) is 0 Å². The Morgan fingerprint density at radius 3 is 1.87 bits per heavy atom. The Hall–Kier alpha value is -3.08. The number of carbonyl (C=O) groups is 2. The number of carboxylic acids is 1. The summed E-state index contributed by atoms with van der Waals surface area (Å²) in [6.07, 6.45) is -4.89. The Morgan fingerprint density at radius 1 is 0.947 bits per heavy atom. The lowest BCUT2D eigenvalue weighted by Crippen LogP contribution is -2.35. The summed E-state index contributed by atoms with van der Waals surface area (Å²) in [5.41, 5.74) is 6.61. The van der Waals surface area contributed by atoms with Crippen LogP contribution in [-0.2, 0) is 17.5 Å². The molecule has 1 amide bonds. The maximum absolute atomic E-state index is 13.2. The van der Waals surface area contributed by atoms with Gasteiger partial charge in [0.15, 0.2) is 0 Å². The van der Waals surface area contributed by atoms with Gasteiger partial charge < -0.3 is 16.2 Å². The number of halogens is 6. The molecule has 5 nitrogen and oxygen atoms in total. The van der Waals surface area contributed by atoms with Gasteiger partial charge in [0.1, 0.15) is 0 Å². The van der Waals surface area contributed by atoms with Crippen LogP contribution >= 0.6 is 0 Å². The molecule has 1 fully saturated rings. The molecule has 3 rings (SSSR count). The number of carbonyl (C=O) groups excluding carboxylic acids is 1. The average Bonchev–Trinajstić information content (AvgIpc) is 2.84. The Labute approximate surface area is 218 Å². The second-order valence-corrected chi connectivity index (χ2v) is 9.48. The van der Waals surface area contributed by atoms with Crippen LogP contribution in [0.5, 0.6) is 0 Å². The number of rotatable bonds is 5. The van der Waals surface area contributed by atoms with Gasteiger partial charge >= 0.3 is 18.3 Å². The van der Waals surface area contributed by atoms with Crippen LogP contribution in [-0.4, -0.2) is 29.2 Å². The van der Waals surface area contributed by atoms with Gasteiger partial charge in [0.05, 0.1) is 5.56 Å². The van der Waals surface area contributed by atoms with E-state index in [1.807, 2.05) is 26.0 Å². The molecular formula is C27H34F6N2O3. The molecule has 212 valence electrons. The Kier molecular flexibility index (Phi) is 11.8. The summed E-state index contributed by atoms with van der Waals surface area (Å²) in [5.74, 6) is -3.64. The third-order valence-electron chi connectivity index (χ3n) is 6.01. The van der Waals surface area contributed by atoms with Gasteiger partial charge in [0.2, 0.25) is 5.91 Å². The van der Waals surface area contributed by atoms with Gasteiger partial charge in [-0.3, -0.25) is 4.79 Å². The quantitative estimate of drug-likeness (QED) is 0.345. The number of hydrogen-bond acceptors (Lipinski definition) is 3. The van der Waals surface area contributed by atoms with E-state index in [-0.39, 0.29) is 5.56 Å². The summed E-state index contributed by atoms with van der Waals surface area (Å²) in [7, 11) is 0. The van der Waals surface area contributed by atoms with E-state index >= 15 is 0 Å². The van der Waals surface area contributed by atoms with Crippen LogP contribution < -0.4 is 11.1 Å². The molecule has 2 aromatic rings. The predicted molar refractivity (Wildman–Crippen MR) is 133 cm³/mol. The van der Waals surface area contributed by atoms with E-state index in [1.54, 1.807) is 12.1 Å². The summed E-state index contributed by atoms with van der Waals surface area (Å²) >= 11 is 0. The first-order valence-electron chi connectivity index (χ1n) is 12.1. The largest absolute Gasteiger partial charge is 0.490 e. The zero-order valence-electron chi connectivity index (χ0n) is 21.8.